The van der Waals surface area contributed by atoms with Crippen molar-refractivity contribution in [3.8, 4) is 16.8 Å². The van der Waals surface area contributed by atoms with Crippen molar-refractivity contribution in [2.24, 2.45) is 0 Å². The number of sulfonamides is 1. The molecule has 11 heteroatoms. The maximum absolute atomic E-state index is 12.8. The van der Waals surface area contributed by atoms with E-state index in [1.807, 2.05) is 29.6 Å². The van der Waals surface area contributed by atoms with Gasteiger partial charge in [0, 0.05) is 29.6 Å². The third kappa shape index (κ3) is 3.90. The average molecular weight is 557 g/mol. The fourth-order valence-corrected chi connectivity index (χ4v) is 8.04. The number of thiazole rings is 1. The Bertz CT molecular complexity index is 1670. The van der Waals surface area contributed by atoms with Crippen molar-refractivity contribution in [3.05, 3.63) is 68.6 Å². The quantitative estimate of drug-likeness (QED) is 0.294. The van der Waals surface area contributed by atoms with Crippen LogP contribution in [-0.4, -0.2) is 23.3 Å². The SMILES string of the molecule is CC(=O)N1c2cc(C)c(C)cc2-c2c(sn(-c3ccc(S(=O)(=O)Nc4nccs4)cc3)c2=S)C1(C)C. The highest BCUT2D eigenvalue weighted by Crippen LogP contribution is 2.51. The molecule has 0 unspecified atom stereocenters. The molecular formula is C25H24N4O3S4. The molecule has 1 aliphatic rings. The molecule has 0 aliphatic carbocycles. The molecule has 0 radical (unpaired) electrons. The minimum absolute atomic E-state index is 0.0386. The molecule has 0 bridgehead atoms. The zero-order chi connectivity index (χ0) is 26.0. The normalized spacial score (nSPS) is 14.3. The maximum atomic E-state index is 12.8. The zero-order valence-corrected chi connectivity index (χ0v) is 23.6. The molecule has 0 fully saturated rings. The van der Waals surface area contributed by atoms with Crippen molar-refractivity contribution in [3.63, 3.8) is 0 Å². The molecule has 1 aliphatic heterocycles. The van der Waals surface area contributed by atoms with Crippen molar-refractivity contribution in [1.82, 2.24) is 8.94 Å². The number of amides is 1. The van der Waals surface area contributed by atoms with Crippen LogP contribution < -0.4 is 9.62 Å². The summed E-state index contributed by atoms with van der Waals surface area (Å²) in [5.41, 5.74) is 5.11. The molecule has 36 heavy (non-hydrogen) atoms. The number of anilines is 2. The van der Waals surface area contributed by atoms with Gasteiger partial charge >= 0.3 is 0 Å². The summed E-state index contributed by atoms with van der Waals surface area (Å²) in [6, 6.07) is 10.8. The number of aryl methyl sites for hydroxylation is 2. The lowest BCUT2D eigenvalue weighted by atomic mass is 9.85. The summed E-state index contributed by atoms with van der Waals surface area (Å²) in [7, 11) is -3.76. The van der Waals surface area contributed by atoms with Crippen LogP contribution in [0.3, 0.4) is 0 Å². The number of benzene rings is 2. The van der Waals surface area contributed by atoms with Gasteiger partial charge < -0.3 is 4.90 Å². The van der Waals surface area contributed by atoms with Gasteiger partial charge in [-0.2, -0.15) is 0 Å². The number of aromatic nitrogens is 2. The standard InChI is InChI=1S/C25H24N4O3S4/c1-14-12-19-20(13-15(14)2)28(16(3)30)25(4,5)22-21(19)23(33)29(35-22)17-6-8-18(9-7-17)36(31,32)27-24-26-10-11-34-24/h6-13H,1-5H3,(H,26,27). The molecule has 2 aromatic heterocycles. The molecule has 0 saturated carbocycles. The third-order valence-corrected chi connectivity index (χ3v) is 10.5. The number of nitrogens with zero attached hydrogens (tertiary/aromatic N) is 3. The minimum atomic E-state index is -3.76. The van der Waals surface area contributed by atoms with Crippen LogP contribution in [0, 0.1) is 18.5 Å². The van der Waals surface area contributed by atoms with Crippen LogP contribution in [0.2, 0.25) is 0 Å². The topological polar surface area (TPSA) is 84.3 Å². The van der Waals surface area contributed by atoms with Crippen LogP contribution in [0.15, 0.2) is 52.9 Å². The van der Waals surface area contributed by atoms with Crippen LogP contribution in [0.4, 0.5) is 10.8 Å². The number of hydrogen-bond donors (Lipinski definition) is 1. The van der Waals surface area contributed by atoms with Crippen LogP contribution >= 0.6 is 35.1 Å². The Labute approximate surface area is 223 Å². The zero-order valence-electron chi connectivity index (χ0n) is 20.3. The Morgan fingerprint density at radius 1 is 1.11 bits per heavy atom. The largest absolute Gasteiger partial charge is 0.301 e. The number of hydrogen-bond acceptors (Lipinski definition) is 7. The van der Waals surface area contributed by atoms with Gasteiger partial charge in [-0.3, -0.25) is 13.5 Å². The minimum Gasteiger partial charge on any atom is -0.301 e. The Morgan fingerprint density at radius 3 is 2.39 bits per heavy atom. The molecule has 3 heterocycles. The van der Waals surface area contributed by atoms with Gasteiger partial charge in [-0.1, -0.05) is 23.8 Å². The van der Waals surface area contributed by atoms with E-state index >= 15 is 0 Å². The van der Waals surface area contributed by atoms with Crippen molar-refractivity contribution >= 4 is 61.8 Å². The lowest BCUT2D eigenvalue weighted by molar-refractivity contribution is -0.117. The average Bonchev–Trinajstić information content (AvgIpc) is 3.43. The molecule has 0 spiro atoms. The number of nitrogens with one attached hydrogen (secondary N) is 1. The molecule has 7 nitrogen and oxygen atoms in total. The Balaban J connectivity index is 1.63. The van der Waals surface area contributed by atoms with Gasteiger partial charge in [0.25, 0.3) is 10.0 Å². The lowest BCUT2D eigenvalue weighted by Crippen LogP contribution is -2.46. The second-order valence-electron chi connectivity index (χ2n) is 9.20. The first-order valence-corrected chi connectivity index (χ1v) is 14.7. The summed E-state index contributed by atoms with van der Waals surface area (Å²) in [4.78, 5) is 19.8. The van der Waals surface area contributed by atoms with E-state index in [4.69, 9.17) is 12.2 Å². The van der Waals surface area contributed by atoms with Crippen LogP contribution in [0.5, 0.6) is 0 Å². The van der Waals surface area contributed by atoms with Crippen molar-refractivity contribution in [2.75, 3.05) is 9.62 Å². The predicted molar refractivity (Wildman–Crippen MR) is 148 cm³/mol. The summed E-state index contributed by atoms with van der Waals surface area (Å²) in [6.07, 6.45) is 1.54. The van der Waals surface area contributed by atoms with Crippen molar-refractivity contribution in [2.45, 2.75) is 45.1 Å². The Kier molecular flexibility index (Phi) is 5.94. The Hall–Kier alpha value is -2.86. The smallest absolute Gasteiger partial charge is 0.263 e. The molecule has 4 aromatic rings. The van der Waals surface area contributed by atoms with E-state index in [1.165, 1.54) is 22.9 Å². The number of rotatable bonds is 4. The first kappa shape index (κ1) is 24.8. The molecule has 5 rings (SSSR count). The van der Waals surface area contributed by atoms with E-state index in [0.29, 0.717) is 9.77 Å². The van der Waals surface area contributed by atoms with Crippen LogP contribution in [0.1, 0.15) is 36.8 Å². The third-order valence-electron chi connectivity index (χ3n) is 6.40. The highest BCUT2D eigenvalue weighted by atomic mass is 32.2. The second kappa shape index (κ2) is 8.62. The van der Waals surface area contributed by atoms with Crippen LogP contribution in [0.25, 0.3) is 16.8 Å². The lowest BCUT2D eigenvalue weighted by Gasteiger charge is -2.42. The van der Waals surface area contributed by atoms with E-state index in [-0.39, 0.29) is 10.8 Å². The highest BCUT2D eigenvalue weighted by Gasteiger charge is 2.42. The number of fused-ring (bicyclic) bond motifs is 3. The van der Waals surface area contributed by atoms with Gasteiger partial charge in [0.05, 0.1) is 26.7 Å². The van der Waals surface area contributed by atoms with E-state index in [9.17, 15) is 13.2 Å². The molecule has 2 aromatic carbocycles. The van der Waals surface area contributed by atoms with Gasteiger partial charge in [0.15, 0.2) is 5.13 Å². The first-order chi connectivity index (χ1) is 16.9. The molecule has 1 N–H and O–H groups in total. The fraction of sp³-hybridized carbons (Fsp3) is 0.240. The summed E-state index contributed by atoms with van der Waals surface area (Å²) in [5.74, 6) is -0.0386. The highest BCUT2D eigenvalue weighted by molar-refractivity contribution is 7.93. The van der Waals surface area contributed by atoms with E-state index in [0.717, 1.165) is 38.5 Å². The van der Waals surface area contributed by atoms with Gasteiger partial charge in [0.2, 0.25) is 5.91 Å². The summed E-state index contributed by atoms with van der Waals surface area (Å²) in [6.45, 7) is 9.73. The first-order valence-electron chi connectivity index (χ1n) is 11.1. The summed E-state index contributed by atoms with van der Waals surface area (Å²) < 4.78 is 30.5. The number of carbonyl (C=O) groups is 1. The van der Waals surface area contributed by atoms with E-state index < -0.39 is 15.6 Å². The molecule has 186 valence electrons. The fourth-order valence-electron chi connectivity index (χ4n) is 4.56. The maximum Gasteiger partial charge on any atom is 0.263 e. The van der Waals surface area contributed by atoms with Crippen LogP contribution in [-0.2, 0) is 20.4 Å². The Morgan fingerprint density at radius 2 is 1.78 bits per heavy atom. The molecule has 0 atom stereocenters. The summed E-state index contributed by atoms with van der Waals surface area (Å²) >= 11 is 8.66. The summed E-state index contributed by atoms with van der Waals surface area (Å²) in [5, 5.41) is 2.02. The molecule has 0 saturated heterocycles. The molecule has 1 amide bonds. The van der Waals surface area contributed by atoms with Gasteiger partial charge in [0.1, 0.15) is 4.64 Å². The van der Waals surface area contributed by atoms with Crippen molar-refractivity contribution < 1.29 is 13.2 Å². The van der Waals surface area contributed by atoms with E-state index in [1.54, 1.807) is 42.8 Å². The second-order valence-corrected chi connectivity index (χ2v) is 13.1. The van der Waals surface area contributed by atoms with Gasteiger partial charge in [-0.25, -0.2) is 13.4 Å². The molecular weight excluding hydrogens is 533 g/mol. The number of carbonyl (C=O) groups excluding carboxylic acids is 1. The van der Waals surface area contributed by atoms with Gasteiger partial charge in [-0.05, 0) is 75.2 Å². The van der Waals surface area contributed by atoms with Gasteiger partial charge in [-0.15, -0.1) is 11.3 Å². The van der Waals surface area contributed by atoms with E-state index in [2.05, 4.69) is 28.8 Å². The monoisotopic (exact) mass is 556 g/mol. The predicted octanol–water partition coefficient (Wildman–Crippen LogP) is 6.41. The van der Waals surface area contributed by atoms with Crippen molar-refractivity contribution in [1.29, 1.82) is 0 Å².